The second-order valence-electron chi connectivity index (χ2n) is 7.95. The molecule has 4 rings (SSSR count). The first-order valence-corrected chi connectivity index (χ1v) is 10.8. The van der Waals surface area contributed by atoms with Gasteiger partial charge in [0.25, 0.3) is 5.91 Å². The summed E-state index contributed by atoms with van der Waals surface area (Å²) < 4.78 is 15.1. The maximum atomic E-state index is 13.4. The molecule has 0 fully saturated rings. The van der Waals surface area contributed by atoms with E-state index in [2.05, 4.69) is 5.32 Å². The van der Waals surface area contributed by atoms with Gasteiger partial charge >= 0.3 is 0 Å². The van der Waals surface area contributed by atoms with Gasteiger partial charge in [0.05, 0.1) is 17.3 Å². The van der Waals surface area contributed by atoms with Crippen molar-refractivity contribution in [3.05, 3.63) is 118 Å². The highest BCUT2D eigenvalue weighted by molar-refractivity contribution is 6.11. The van der Waals surface area contributed by atoms with Crippen molar-refractivity contribution in [1.82, 2.24) is 9.72 Å². The number of nitrogens with one attached hydrogen (secondary N) is 1. The van der Waals surface area contributed by atoms with E-state index in [0.717, 1.165) is 5.56 Å². The first-order valence-electron chi connectivity index (χ1n) is 10.8. The Labute approximate surface area is 196 Å². The number of aromatic nitrogens is 1. The van der Waals surface area contributed by atoms with E-state index < -0.39 is 11.7 Å². The van der Waals surface area contributed by atoms with Crippen molar-refractivity contribution >= 4 is 23.3 Å². The number of ketones is 1. The van der Waals surface area contributed by atoms with Gasteiger partial charge in [-0.25, -0.2) is 4.39 Å². The standard InChI is InChI=1S/C28H22FN3O2/c1-18-24(16-22(17-30)28(34)31-19(2)20-8-4-3-5-9-20)25-10-6-7-15-32(25)26(18)27(33)21-11-13-23(29)14-12-21/h3-16,19H,1-2H3,(H,31,34)/b22-16-/t19-/m0/s1. The molecule has 0 spiro atoms. The van der Waals surface area contributed by atoms with E-state index >= 15 is 0 Å². The van der Waals surface area contributed by atoms with Gasteiger partial charge in [-0.15, -0.1) is 0 Å². The molecule has 2 aromatic carbocycles. The van der Waals surface area contributed by atoms with Crippen LogP contribution >= 0.6 is 0 Å². The van der Waals surface area contributed by atoms with E-state index in [1.165, 1.54) is 30.3 Å². The minimum absolute atomic E-state index is 0.0667. The van der Waals surface area contributed by atoms with Gasteiger partial charge in [-0.2, -0.15) is 5.26 Å². The second kappa shape index (κ2) is 9.55. The highest BCUT2D eigenvalue weighted by atomic mass is 19.1. The van der Waals surface area contributed by atoms with E-state index in [4.69, 9.17) is 0 Å². The fourth-order valence-corrected chi connectivity index (χ4v) is 3.95. The summed E-state index contributed by atoms with van der Waals surface area (Å²) >= 11 is 0. The molecule has 0 bridgehead atoms. The lowest BCUT2D eigenvalue weighted by Gasteiger charge is -2.13. The topological polar surface area (TPSA) is 74.4 Å². The number of carbonyl (C=O) groups is 2. The third-order valence-corrected chi connectivity index (χ3v) is 5.76. The lowest BCUT2D eigenvalue weighted by molar-refractivity contribution is -0.117. The third-order valence-electron chi connectivity index (χ3n) is 5.76. The van der Waals surface area contributed by atoms with Crippen LogP contribution in [0.5, 0.6) is 0 Å². The maximum absolute atomic E-state index is 13.4. The van der Waals surface area contributed by atoms with Gasteiger partial charge in [0.15, 0.2) is 0 Å². The van der Waals surface area contributed by atoms with Crippen LogP contribution in [0.4, 0.5) is 4.39 Å². The number of halogens is 1. The van der Waals surface area contributed by atoms with Crippen molar-refractivity contribution in [1.29, 1.82) is 5.26 Å². The summed E-state index contributed by atoms with van der Waals surface area (Å²) in [6, 6.07) is 22.0. The van der Waals surface area contributed by atoms with E-state index in [0.29, 0.717) is 27.9 Å². The van der Waals surface area contributed by atoms with Crippen LogP contribution in [0.15, 0.2) is 84.6 Å². The molecule has 4 aromatic rings. The Balaban J connectivity index is 1.74. The third kappa shape index (κ3) is 4.37. The van der Waals surface area contributed by atoms with E-state index in [1.54, 1.807) is 23.6 Å². The average molecular weight is 452 g/mol. The molecule has 0 aliphatic rings. The smallest absolute Gasteiger partial charge is 0.262 e. The molecular weight excluding hydrogens is 429 g/mol. The molecule has 2 heterocycles. The van der Waals surface area contributed by atoms with Crippen molar-refractivity contribution in [2.75, 3.05) is 0 Å². The van der Waals surface area contributed by atoms with Gasteiger partial charge in [-0.3, -0.25) is 9.59 Å². The summed E-state index contributed by atoms with van der Waals surface area (Å²) in [6.45, 7) is 3.62. The van der Waals surface area contributed by atoms with Crippen LogP contribution in [0.25, 0.3) is 11.6 Å². The second-order valence-corrected chi connectivity index (χ2v) is 7.95. The van der Waals surface area contributed by atoms with Crippen LogP contribution in [0.1, 0.15) is 45.7 Å². The number of rotatable bonds is 6. The molecule has 1 N–H and O–H groups in total. The molecule has 0 saturated heterocycles. The van der Waals surface area contributed by atoms with Gasteiger partial charge in [-0.05, 0) is 67.4 Å². The molecule has 2 aromatic heterocycles. The predicted molar refractivity (Wildman–Crippen MR) is 129 cm³/mol. The highest BCUT2D eigenvalue weighted by Crippen LogP contribution is 2.28. The zero-order valence-electron chi connectivity index (χ0n) is 18.7. The largest absolute Gasteiger partial charge is 0.345 e. The normalized spacial score (nSPS) is 12.2. The van der Waals surface area contributed by atoms with E-state index in [1.807, 2.05) is 55.5 Å². The zero-order chi connectivity index (χ0) is 24.2. The Morgan fingerprint density at radius 2 is 1.71 bits per heavy atom. The maximum Gasteiger partial charge on any atom is 0.262 e. The Morgan fingerprint density at radius 1 is 1.03 bits per heavy atom. The molecule has 0 aliphatic heterocycles. The van der Waals surface area contributed by atoms with Crippen LogP contribution in [-0.4, -0.2) is 16.1 Å². The van der Waals surface area contributed by atoms with Crippen LogP contribution in [0, 0.1) is 24.1 Å². The summed E-state index contributed by atoms with van der Waals surface area (Å²) in [5, 5.41) is 12.6. The molecule has 6 heteroatoms. The predicted octanol–water partition coefficient (Wildman–Crippen LogP) is 5.40. The minimum Gasteiger partial charge on any atom is -0.345 e. The lowest BCUT2D eigenvalue weighted by Crippen LogP contribution is -2.27. The number of carbonyl (C=O) groups excluding carboxylic acids is 2. The van der Waals surface area contributed by atoms with E-state index in [9.17, 15) is 19.2 Å². The first-order chi connectivity index (χ1) is 16.4. The molecule has 0 radical (unpaired) electrons. The first kappa shape index (κ1) is 22.7. The number of nitriles is 1. The van der Waals surface area contributed by atoms with Gasteiger partial charge < -0.3 is 9.72 Å². The SMILES string of the molecule is Cc1c(/C=C(/C#N)C(=O)N[C@@H](C)c2ccccc2)c2ccccn2c1C(=O)c1ccc(F)cc1. The number of nitrogens with zero attached hydrogens (tertiary/aromatic N) is 2. The fraction of sp³-hybridized carbons (Fsp3) is 0.107. The van der Waals surface area contributed by atoms with Gasteiger partial charge in [0.2, 0.25) is 5.78 Å². The highest BCUT2D eigenvalue weighted by Gasteiger charge is 2.22. The molecule has 34 heavy (non-hydrogen) atoms. The summed E-state index contributed by atoms with van der Waals surface area (Å²) in [5.74, 6) is -1.20. The summed E-state index contributed by atoms with van der Waals surface area (Å²) in [7, 11) is 0. The monoisotopic (exact) mass is 451 g/mol. The molecule has 1 amide bonds. The number of pyridine rings is 1. The molecule has 5 nitrogen and oxygen atoms in total. The molecule has 0 aliphatic carbocycles. The average Bonchev–Trinajstić information content (AvgIpc) is 3.13. The van der Waals surface area contributed by atoms with Crippen molar-refractivity contribution in [3.63, 3.8) is 0 Å². The van der Waals surface area contributed by atoms with Gasteiger partial charge in [0, 0.05) is 17.3 Å². The molecule has 168 valence electrons. The molecular formula is C28H22FN3O2. The fourth-order valence-electron chi connectivity index (χ4n) is 3.95. The van der Waals surface area contributed by atoms with Crippen LogP contribution in [-0.2, 0) is 4.79 Å². The number of fused-ring (bicyclic) bond motifs is 1. The van der Waals surface area contributed by atoms with Crippen LogP contribution in [0.2, 0.25) is 0 Å². The summed E-state index contributed by atoms with van der Waals surface area (Å²) in [5.41, 5.74) is 3.50. The number of hydrogen-bond donors (Lipinski definition) is 1. The lowest BCUT2D eigenvalue weighted by atomic mass is 10.0. The zero-order valence-corrected chi connectivity index (χ0v) is 18.7. The quantitative estimate of drug-likeness (QED) is 0.242. The summed E-state index contributed by atoms with van der Waals surface area (Å²) in [4.78, 5) is 26.2. The van der Waals surface area contributed by atoms with Gasteiger partial charge in [0.1, 0.15) is 17.5 Å². The minimum atomic E-state index is -0.500. The summed E-state index contributed by atoms with van der Waals surface area (Å²) in [6.07, 6.45) is 3.26. The Kier molecular flexibility index (Phi) is 6.37. The molecule has 0 saturated carbocycles. The van der Waals surface area contributed by atoms with E-state index in [-0.39, 0.29) is 17.4 Å². The van der Waals surface area contributed by atoms with Crippen LogP contribution < -0.4 is 5.32 Å². The van der Waals surface area contributed by atoms with Crippen LogP contribution in [0.3, 0.4) is 0 Å². The number of benzene rings is 2. The van der Waals surface area contributed by atoms with Crippen molar-refractivity contribution < 1.29 is 14.0 Å². The Morgan fingerprint density at radius 3 is 2.38 bits per heavy atom. The van der Waals surface area contributed by atoms with Gasteiger partial charge in [-0.1, -0.05) is 36.4 Å². The van der Waals surface area contributed by atoms with Crippen molar-refractivity contribution in [2.24, 2.45) is 0 Å². The Hall–Kier alpha value is -4.50. The Bertz CT molecular complexity index is 1450. The number of hydrogen-bond acceptors (Lipinski definition) is 3. The van der Waals surface area contributed by atoms with Crippen molar-refractivity contribution in [2.45, 2.75) is 19.9 Å². The molecule has 0 unspecified atom stereocenters. The van der Waals surface area contributed by atoms with Crippen molar-refractivity contribution in [3.8, 4) is 6.07 Å². The molecule has 1 atom stereocenters. The number of amides is 1.